The fourth-order valence-electron chi connectivity index (χ4n) is 4.14. The van der Waals surface area contributed by atoms with Gasteiger partial charge in [0.15, 0.2) is 5.78 Å². The number of allylic oxidation sites excluding steroid dienone is 3. The van der Waals surface area contributed by atoms with Gasteiger partial charge < -0.3 is 15.2 Å². The lowest BCUT2D eigenvalue weighted by Crippen LogP contribution is -2.33. The largest absolute Gasteiger partial charge is 0.444 e. The lowest BCUT2D eigenvalue weighted by molar-refractivity contribution is -0.119. The Balaban J connectivity index is 1.66. The van der Waals surface area contributed by atoms with Crippen molar-refractivity contribution in [2.45, 2.75) is 32.6 Å². The summed E-state index contributed by atoms with van der Waals surface area (Å²) in [5.74, 6) is -0.424. The zero-order valence-corrected chi connectivity index (χ0v) is 18.4. The Labute approximate surface area is 190 Å². The van der Waals surface area contributed by atoms with Gasteiger partial charge in [0, 0.05) is 18.4 Å². The van der Waals surface area contributed by atoms with Crippen molar-refractivity contribution in [2.24, 2.45) is 11.1 Å². The molecule has 2 aromatic carbocycles. The first kappa shape index (κ1) is 21.7. The quantitative estimate of drug-likeness (QED) is 0.523. The second kappa shape index (κ2) is 8.18. The highest BCUT2D eigenvalue weighted by Crippen LogP contribution is 2.47. The van der Waals surface area contributed by atoms with Crippen LogP contribution < -0.4 is 10.5 Å². The molecule has 0 bridgehead atoms. The summed E-state index contributed by atoms with van der Waals surface area (Å²) in [6.45, 7) is 3.99. The van der Waals surface area contributed by atoms with Crippen molar-refractivity contribution in [3.8, 4) is 11.8 Å². The molecule has 7 heteroatoms. The summed E-state index contributed by atoms with van der Waals surface area (Å²) < 4.78 is 11.1. The Morgan fingerprint density at radius 3 is 2.53 bits per heavy atom. The van der Waals surface area contributed by atoms with E-state index in [4.69, 9.17) is 26.8 Å². The van der Waals surface area contributed by atoms with Gasteiger partial charge in [-0.3, -0.25) is 4.79 Å². The summed E-state index contributed by atoms with van der Waals surface area (Å²) in [7, 11) is 0. The van der Waals surface area contributed by atoms with Crippen LogP contribution in [0.15, 0.2) is 71.3 Å². The third kappa shape index (κ3) is 4.00. The van der Waals surface area contributed by atoms with Gasteiger partial charge in [-0.15, -0.1) is 0 Å². The predicted molar refractivity (Wildman–Crippen MR) is 119 cm³/mol. The van der Waals surface area contributed by atoms with Gasteiger partial charge in [-0.25, -0.2) is 4.79 Å². The Morgan fingerprint density at radius 2 is 1.88 bits per heavy atom. The molecule has 0 spiro atoms. The normalized spacial score (nSPS) is 19.7. The van der Waals surface area contributed by atoms with Gasteiger partial charge in [-0.05, 0) is 35.2 Å². The Bertz CT molecular complexity index is 1220. The summed E-state index contributed by atoms with van der Waals surface area (Å²) in [6, 6.07) is 15.4. The molecule has 1 unspecified atom stereocenters. The van der Waals surface area contributed by atoms with E-state index in [1.54, 1.807) is 48.5 Å². The number of hydrogen-bond acceptors (Lipinski definition) is 6. The molecule has 1 aliphatic heterocycles. The highest BCUT2D eigenvalue weighted by molar-refractivity contribution is 6.33. The fourth-order valence-corrected chi connectivity index (χ4v) is 4.35. The van der Waals surface area contributed by atoms with Crippen LogP contribution in [0, 0.1) is 16.7 Å². The van der Waals surface area contributed by atoms with Gasteiger partial charge in [0.25, 0.3) is 0 Å². The number of halogens is 1. The highest BCUT2D eigenvalue weighted by Gasteiger charge is 2.42. The molecule has 32 heavy (non-hydrogen) atoms. The molecule has 1 atom stereocenters. The minimum atomic E-state index is -0.624. The molecule has 2 aliphatic rings. The molecule has 0 fully saturated rings. The SMILES string of the molecule is CC1(C)CC(=O)C2=C(C1)OC(N)=C(C#N)C2c1ccc(OC(=O)c2ccccc2Cl)cc1. The van der Waals surface area contributed by atoms with Gasteiger partial charge in [0.1, 0.15) is 23.2 Å². The number of rotatable bonds is 3. The first-order valence-corrected chi connectivity index (χ1v) is 10.5. The standard InChI is InChI=1S/C25H21ClN2O4/c1-25(2)11-19(29)22-20(12-25)32-23(28)17(13-27)21(22)14-7-9-15(10-8-14)31-24(30)16-5-3-4-6-18(16)26/h3-10,21H,11-12,28H2,1-2H3. The summed E-state index contributed by atoms with van der Waals surface area (Å²) in [5.41, 5.74) is 7.40. The maximum atomic E-state index is 13.0. The number of ketones is 1. The number of esters is 1. The highest BCUT2D eigenvalue weighted by atomic mass is 35.5. The zero-order chi connectivity index (χ0) is 23.0. The van der Waals surface area contributed by atoms with E-state index in [0.717, 1.165) is 0 Å². The van der Waals surface area contributed by atoms with Gasteiger partial charge in [0.05, 0.1) is 16.5 Å². The average molecular weight is 449 g/mol. The molecule has 0 saturated carbocycles. The average Bonchev–Trinajstić information content (AvgIpc) is 2.72. The number of carbonyl (C=O) groups is 2. The molecule has 0 saturated heterocycles. The molecular formula is C25H21ClN2O4. The first-order chi connectivity index (χ1) is 15.2. The molecule has 4 rings (SSSR count). The topological polar surface area (TPSA) is 102 Å². The van der Waals surface area contributed by atoms with Crippen molar-refractivity contribution in [3.63, 3.8) is 0 Å². The number of nitriles is 1. The lowest BCUT2D eigenvalue weighted by atomic mass is 9.70. The number of nitrogens with two attached hydrogens (primary N) is 1. The number of nitrogens with zero attached hydrogens (tertiary/aromatic N) is 1. The fraction of sp³-hybridized carbons (Fsp3) is 0.240. The van der Waals surface area contributed by atoms with E-state index in [1.807, 2.05) is 13.8 Å². The molecule has 0 radical (unpaired) electrons. The van der Waals surface area contributed by atoms with Crippen LogP contribution in [0.5, 0.6) is 5.75 Å². The van der Waals surface area contributed by atoms with Crippen molar-refractivity contribution >= 4 is 23.4 Å². The van der Waals surface area contributed by atoms with E-state index in [2.05, 4.69) is 6.07 Å². The zero-order valence-electron chi connectivity index (χ0n) is 17.6. The van der Waals surface area contributed by atoms with Crippen molar-refractivity contribution in [1.29, 1.82) is 5.26 Å². The van der Waals surface area contributed by atoms with Crippen LogP contribution in [-0.4, -0.2) is 11.8 Å². The maximum Gasteiger partial charge on any atom is 0.345 e. The number of hydrogen-bond donors (Lipinski definition) is 1. The summed E-state index contributed by atoms with van der Waals surface area (Å²) in [5, 5.41) is 10.0. The van der Waals surface area contributed by atoms with E-state index < -0.39 is 11.9 Å². The summed E-state index contributed by atoms with van der Waals surface area (Å²) in [6.07, 6.45) is 0.912. The van der Waals surface area contributed by atoms with Gasteiger partial charge in [0.2, 0.25) is 5.88 Å². The van der Waals surface area contributed by atoms with E-state index in [0.29, 0.717) is 40.5 Å². The van der Waals surface area contributed by atoms with Crippen LogP contribution in [-0.2, 0) is 9.53 Å². The number of carbonyl (C=O) groups excluding carboxylic acids is 2. The lowest BCUT2D eigenvalue weighted by Gasteiger charge is -2.37. The van der Waals surface area contributed by atoms with Gasteiger partial charge in [-0.2, -0.15) is 5.26 Å². The van der Waals surface area contributed by atoms with E-state index in [9.17, 15) is 14.9 Å². The predicted octanol–water partition coefficient (Wildman–Crippen LogP) is 5.01. The smallest absolute Gasteiger partial charge is 0.345 e. The van der Waals surface area contributed by atoms with Crippen molar-refractivity contribution in [2.75, 3.05) is 0 Å². The molecule has 0 amide bonds. The third-order valence-corrected chi connectivity index (χ3v) is 5.92. The van der Waals surface area contributed by atoms with Gasteiger partial charge >= 0.3 is 5.97 Å². The number of benzene rings is 2. The van der Waals surface area contributed by atoms with Gasteiger partial charge in [-0.1, -0.05) is 49.7 Å². The Kier molecular flexibility index (Phi) is 5.53. The minimum absolute atomic E-state index is 0.0102. The van der Waals surface area contributed by atoms with Crippen molar-refractivity contribution < 1.29 is 19.1 Å². The molecule has 162 valence electrons. The second-order valence-electron chi connectivity index (χ2n) is 8.64. The molecule has 2 N–H and O–H groups in total. The van der Waals surface area contributed by atoms with Crippen LogP contribution in [0.1, 0.15) is 48.5 Å². The van der Waals surface area contributed by atoms with Crippen LogP contribution >= 0.6 is 11.6 Å². The van der Waals surface area contributed by atoms with Crippen LogP contribution in [0.2, 0.25) is 5.02 Å². The molecule has 0 aromatic heterocycles. The summed E-state index contributed by atoms with van der Waals surface area (Å²) >= 11 is 6.06. The number of ether oxygens (including phenoxy) is 2. The van der Waals surface area contributed by atoms with E-state index in [-0.39, 0.29) is 28.2 Å². The Morgan fingerprint density at radius 1 is 1.19 bits per heavy atom. The van der Waals surface area contributed by atoms with Crippen LogP contribution in [0.3, 0.4) is 0 Å². The Hall–Kier alpha value is -3.56. The molecular weight excluding hydrogens is 428 g/mol. The molecule has 1 aliphatic carbocycles. The molecule has 2 aromatic rings. The first-order valence-electron chi connectivity index (χ1n) is 10.1. The molecule has 6 nitrogen and oxygen atoms in total. The van der Waals surface area contributed by atoms with Crippen molar-refractivity contribution in [1.82, 2.24) is 0 Å². The maximum absolute atomic E-state index is 13.0. The number of Topliss-reactive ketones (excluding diaryl/α,β-unsaturated/α-hetero) is 1. The van der Waals surface area contributed by atoms with Crippen LogP contribution in [0.4, 0.5) is 0 Å². The minimum Gasteiger partial charge on any atom is -0.444 e. The van der Waals surface area contributed by atoms with Crippen LogP contribution in [0.25, 0.3) is 0 Å². The van der Waals surface area contributed by atoms with E-state index >= 15 is 0 Å². The van der Waals surface area contributed by atoms with Crippen molar-refractivity contribution in [3.05, 3.63) is 87.5 Å². The summed E-state index contributed by atoms with van der Waals surface area (Å²) in [4.78, 5) is 25.4. The van der Waals surface area contributed by atoms with E-state index in [1.165, 1.54) is 0 Å². The third-order valence-electron chi connectivity index (χ3n) is 5.59. The second-order valence-corrected chi connectivity index (χ2v) is 9.05. The molecule has 1 heterocycles. The monoisotopic (exact) mass is 448 g/mol.